The molecule has 5 rings (SSSR count). The van der Waals surface area contributed by atoms with Crippen LogP contribution in [-0.2, 0) is 11.2 Å². The highest BCUT2D eigenvalue weighted by Gasteiger charge is 2.29. The van der Waals surface area contributed by atoms with E-state index < -0.39 is 6.61 Å². The topological polar surface area (TPSA) is 97.5 Å². The fourth-order valence-electron chi connectivity index (χ4n) is 4.28. The van der Waals surface area contributed by atoms with Gasteiger partial charge in [0, 0.05) is 42.9 Å². The van der Waals surface area contributed by atoms with Crippen molar-refractivity contribution in [1.29, 1.82) is 0 Å². The van der Waals surface area contributed by atoms with Gasteiger partial charge in [-0.2, -0.15) is 8.78 Å². The first-order chi connectivity index (χ1) is 17.0. The third kappa shape index (κ3) is 4.89. The molecule has 2 aromatic heterocycles. The summed E-state index contributed by atoms with van der Waals surface area (Å²) >= 11 is 6.15. The number of hydrogen-bond acceptors (Lipinski definition) is 6. The van der Waals surface area contributed by atoms with Crippen LogP contribution in [-0.4, -0.2) is 48.9 Å². The SMILES string of the molecule is O=C1NCCc2[nH]c(-c3ccncc3OCC3CCOC3)c(Nc3cccc(Cl)c3OC(F)F)c21. The molecule has 3 aromatic rings. The zero-order valence-corrected chi connectivity index (χ0v) is 19.3. The van der Waals surface area contributed by atoms with Crippen molar-refractivity contribution in [3.05, 3.63) is 52.9 Å². The lowest BCUT2D eigenvalue weighted by Crippen LogP contribution is -2.31. The van der Waals surface area contributed by atoms with Gasteiger partial charge < -0.3 is 29.8 Å². The Morgan fingerprint density at radius 1 is 1.31 bits per heavy atom. The summed E-state index contributed by atoms with van der Waals surface area (Å²) in [5, 5.41) is 5.96. The number of aromatic amines is 1. The van der Waals surface area contributed by atoms with Gasteiger partial charge in [0.1, 0.15) is 5.75 Å². The van der Waals surface area contributed by atoms with E-state index in [0.29, 0.717) is 61.0 Å². The molecular weight excluding hydrogens is 482 g/mol. The molecule has 8 nitrogen and oxygen atoms in total. The first kappa shape index (κ1) is 23.4. The number of nitrogens with zero attached hydrogens (tertiary/aromatic N) is 1. The van der Waals surface area contributed by atoms with Crippen LogP contribution in [0.1, 0.15) is 22.5 Å². The number of fused-ring (bicyclic) bond motifs is 1. The predicted molar refractivity (Wildman–Crippen MR) is 126 cm³/mol. The number of rotatable bonds is 8. The van der Waals surface area contributed by atoms with E-state index in [1.165, 1.54) is 6.07 Å². The van der Waals surface area contributed by atoms with Gasteiger partial charge >= 0.3 is 6.61 Å². The average molecular weight is 505 g/mol. The van der Waals surface area contributed by atoms with Crippen LogP contribution in [0, 0.1) is 5.92 Å². The lowest BCUT2D eigenvalue weighted by atomic mass is 10.0. The largest absolute Gasteiger partial charge is 0.491 e. The van der Waals surface area contributed by atoms with E-state index in [9.17, 15) is 13.6 Å². The van der Waals surface area contributed by atoms with Crippen molar-refractivity contribution in [1.82, 2.24) is 15.3 Å². The van der Waals surface area contributed by atoms with Crippen molar-refractivity contribution in [2.45, 2.75) is 19.5 Å². The highest BCUT2D eigenvalue weighted by atomic mass is 35.5. The number of anilines is 2. The standard InChI is InChI=1S/C24H23ClF2N4O4/c25-15-2-1-3-17(22(15)35-24(26)27)31-21-19-16(5-8-29-23(19)32)30-20(21)14-4-7-28-10-18(14)34-12-13-6-9-33-11-13/h1-4,7,10,13,24,30-31H,5-6,8-9,11-12H2,(H,29,32). The molecule has 0 radical (unpaired) electrons. The van der Waals surface area contributed by atoms with E-state index in [4.69, 9.17) is 21.1 Å². The molecule has 1 unspecified atom stereocenters. The van der Waals surface area contributed by atoms with Crippen LogP contribution in [0.3, 0.4) is 0 Å². The molecule has 0 spiro atoms. The van der Waals surface area contributed by atoms with Crippen molar-refractivity contribution in [2.75, 3.05) is 31.7 Å². The summed E-state index contributed by atoms with van der Waals surface area (Å²) in [6, 6.07) is 6.38. The summed E-state index contributed by atoms with van der Waals surface area (Å²) in [5.74, 6) is 0.309. The van der Waals surface area contributed by atoms with E-state index in [1.54, 1.807) is 30.6 Å². The van der Waals surface area contributed by atoms with Crippen LogP contribution >= 0.6 is 11.6 Å². The Morgan fingerprint density at radius 3 is 3.00 bits per heavy atom. The van der Waals surface area contributed by atoms with Crippen LogP contribution in [0.15, 0.2) is 36.7 Å². The number of ether oxygens (including phenoxy) is 3. The molecule has 3 N–H and O–H groups in total. The second kappa shape index (κ2) is 10.1. The molecule has 1 atom stereocenters. The van der Waals surface area contributed by atoms with E-state index >= 15 is 0 Å². The zero-order valence-electron chi connectivity index (χ0n) is 18.6. The molecule has 35 heavy (non-hydrogen) atoms. The Balaban J connectivity index is 1.57. The molecule has 1 amide bonds. The number of benzene rings is 1. The fourth-order valence-corrected chi connectivity index (χ4v) is 4.50. The van der Waals surface area contributed by atoms with Gasteiger partial charge in [-0.15, -0.1) is 0 Å². The normalized spacial score (nSPS) is 17.3. The third-order valence-electron chi connectivity index (χ3n) is 5.95. The van der Waals surface area contributed by atoms with Crippen LogP contribution in [0.4, 0.5) is 20.2 Å². The number of aromatic nitrogens is 2. The van der Waals surface area contributed by atoms with Crippen LogP contribution in [0.25, 0.3) is 11.3 Å². The minimum absolute atomic E-state index is 0.0115. The fraction of sp³-hybridized carbons (Fsp3) is 0.333. The van der Waals surface area contributed by atoms with Gasteiger partial charge in [-0.05, 0) is 24.6 Å². The van der Waals surface area contributed by atoms with E-state index in [2.05, 4.69) is 25.3 Å². The third-order valence-corrected chi connectivity index (χ3v) is 6.25. The van der Waals surface area contributed by atoms with E-state index in [0.717, 1.165) is 12.1 Å². The Kier molecular flexibility index (Phi) is 6.74. The molecule has 2 aliphatic heterocycles. The number of carbonyl (C=O) groups is 1. The maximum absolute atomic E-state index is 13.1. The van der Waals surface area contributed by atoms with Crippen LogP contribution in [0.2, 0.25) is 5.02 Å². The highest BCUT2D eigenvalue weighted by molar-refractivity contribution is 6.32. The molecule has 2 aliphatic rings. The molecule has 0 bridgehead atoms. The summed E-state index contributed by atoms with van der Waals surface area (Å²) in [6.07, 6.45) is 4.72. The number of halogens is 3. The number of hydrogen-bond donors (Lipinski definition) is 3. The van der Waals surface area contributed by atoms with Gasteiger partial charge in [0.15, 0.2) is 5.75 Å². The maximum Gasteiger partial charge on any atom is 0.387 e. The van der Waals surface area contributed by atoms with Crippen molar-refractivity contribution < 1.29 is 27.8 Å². The molecule has 184 valence electrons. The summed E-state index contributed by atoms with van der Waals surface area (Å²) in [7, 11) is 0. The van der Waals surface area contributed by atoms with E-state index in [1.807, 2.05) is 0 Å². The lowest BCUT2D eigenvalue weighted by Gasteiger charge is -2.18. The van der Waals surface area contributed by atoms with Gasteiger partial charge in [0.2, 0.25) is 0 Å². The minimum atomic E-state index is -3.07. The van der Waals surface area contributed by atoms with Gasteiger partial charge in [0.25, 0.3) is 5.91 Å². The minimum Gasteiger partial charge on any atom is -0.491 e. The average Bonchev–Trinajstić information content (AvgIpc) is 3.49. The number of alkyl halides is 2. The van der Waals surface area contributed by atoms with Crippen molar-refractivity contribution >= 4 is 28.9 Å². The summed E-state index contributed by atoms with van der Waals surface area (Å²) in [6.45, 7) is -0.783. The van der Waals surface area contributed by atoms with Crippen LogP contribution in [0.5, 0.6) is 11.5 Å². The van der Waals surface area contributed by atoms with Gasteiger partial charge in [-0.3, -0.25) is 9.78 Å². The number of nitrogens with one attached hydrogen (secondary N) is 3. The summed E-state index contributed by atoms with van der Waals surface area (Å²) in [4.78, 5) is 20.4. The van der Waals surface area contributed by atoms with E-state index in [-0.39, 0.29) is 28.3 Å². The Hall–Kier alpha value is -3.37. The highest BCUT2D eigenvalue weighted by Crippen LogP contribution is 2.43. The number of para-hydroxylation sites is 1. The molecular formula is C24H23ClF2N4O4. The maximum atomic E-state index is 13.1. The molecule has 0 saturated carbocycles. The number of carbonyl (C=O) groups excluding carboxylic acids is 1. The number of pyridine rings is 1. The lowest BCUT2D eigenvalue weighted by molar-refractivity contribution is -0.0492. The molecule has 11 heteroatoms. The molecule has 1 saturated heterocycles. The van der Waals surface area contributed by atoms with Crippen molar-refractivity contribution in [3.8, 4) is 22.8 Å². The first-order valence-corrected chi connectivity index (χ1v) is 11.6. The summed E-state index contributed by atoms with van der Waals surface area (Å²) < 4.78 is 42.4. The Labute approximate surface area is 204 Å². The molecule has 0 aliphatic carbocycles. The molecule has 4 heterocycles. The Morgan fingerprint density at radius 2 is 2.20 bits per heavy atom. The zero-order chi connectivity index (χ0) is 24.4. The van der Waals surface area contributed by atoms with Gasteiger partial charge in [-0.25, -0.2) is 0 Å². The van der Waals surface area contributed by atoms with Crippen molar-refractivity contribution in [3.63, 3.8) is 0 Å². The molecule has 1 fully saturated rings. The van der Waals surface area contributed by atoms with Gasteiger partial charge in [-0.1, -0.05) is 17.7 Å². The Bertz CT molecular complexity index is 1230. The number of H-pyrrole nitrogens is 1. The smallest absolute Gasteiger partial charge is 0.387 e. The monoisotopic (exact) mass is 504 g/mol. The van der Waals surface area contributed by atoms with Gasteiger partial charge in [0.05, 0.1) is 47.1 Å². The number of amides is 1. The second-order valence-corrected chi connectivity index (χ2v) is 8.67. The first-order valence-electron chi connectivity index (χ1n) is 11.2. The van der Waals surface area contributed by atoms with Crippen molar-refractivity contribution in [2.24, 2.45) is 5.92 Å². The summed E-state index contributed by atoms with van der Waals surface area (Å²) in [5.41, 5.74) is 2.94. The van der Waals surface area contributed by atoms with Crippen LogP contribution < -0.4 is 20.1 Å². The molecule has 1 aromatic carbocycles. The predicted octanol–water partition coefficient (Wildman–Crippen LogP) is 4.78. The second-order valence-electron chi connectivity index (χ2n) is 8.27. The quantitative estimate of drug-likeness (QED) is 0.408.